The molecule has 0 saturated heterocycles. The molecule has 1 aromatic heterocycles. The van der Waals surface area contributed by atoms with E-state index in [1.54, 1.807) is 0 Å². The Hall–Kier alpha value is -0.210. The summed E-state index contributed by atoms with van der Waals surface area (Å²) in [6.07, 6.45) is 0. The van der Waals surface area contributed by atoms with E-state index in [0.717, 1.165) is 4.51 Å². The lowest BCUT2D eigenvalue weighted by Crippen LogP contribution is -1.85. The lowest BCUT2D eigenvalue weighted by Gasteiger charge is -2.04. The molecular weight excluding hydrogens is 172 g/mol. The van der Waals surface area contributed by atoms with E-state index < -0.39 is 0 Å². The summed E-state index contributed by atoms with van der Waals surface area (Å²) < 4.78 is 1.04. The van der Waals surface area contributed by atoms with Crippen LogP contribution < -0.4 is 0 Å². The maximum Gasteiger partial charge on any atom is 0.0456 e. The molecule has 0 unspecified atom stereocenters. The Morgan fingerprint density at radius 3 is 1.64 bits per heavy atom. The van der Waals surface area contributed by atoms with Crippen molar-refractivity contribution in [3.8, 4) is 0 Å². The van der Waals surface area contributed by atoms with Gasteiger partial charge in [0.05, 0.1) is 0 Å². The van der Waals surface area contributed by atoms with Gasteiger partial charge >= 0.3 is 0 Å². The minimum atomic E-state index is 1.04. The summed E-state index contributed by atoms with van der Waals surface area (Å²) in [4.78, 5) is 2.69. The molecule has 0 aromatic carbocycles. The first-order valence-corrected chi connectivity index (χ1v) is 4.84. The molecule has 1 heterocycles. The van der Waals surface area contributed by atoms with Gasteiger partial charge in [0, 0.05) is 14.3 Å². The lowest BCUT2D eigenvalue weighted by molar-refractivity contribution is 1.31. The van der Waals surface area contributed by atoms with Crippen LogP contribution in [0.4, 0.5) is 0 Å². The van der Waals surface area contributed by atoms with E-state index in [4.69, 9.17) is 12.2 Å². The second kappa shape index (κ2) is 3.03. The summed E-state index contributed by atoms with van der Waals surface area (Å²) in [5.74, 6) is 0. The third-order valence-electron chi connectivity index (χ3n) is 2.04. The molecule has 0 spiro atoms. The van der Waals surface area contributed by atoms with Crippen molar-refractivity contribution in [3.05, 3.63) is 25.4 Å². The van der Waals surface area contributed by atoms with Crippen molar-refractivity contribution in [2.24, 2.45) is 0 Å². The monoisotopic (exact) mass is 184 g/mol. The first-order valence-electron chi connectivity index (χ1n) is 3.61. The Morgan fingerprint density at radius 1 is 0.909 bits per heavy atom. The van der Waals surface area contributed by atoms with Crippen molar-refractivity contribution >= 4 is 23.6 Å². The topological polar surface area (TPSA) is 0 Å². The maximum absolute atomic E-state index is 5.28. The summed E-state index contributed by atoms with van der Waals surface area (Å²) in [6, 6.07) is 0. The second-order valence-electron chi connectivity index (χ2n) is 2.79. The molecule has 0 fully saturated rings. The van der Waals surface area contributed by atoms with Gasteiger partial charge in [0.2, 0.25) is 0 Å². The van der Waals surface area contributed by atoms with E-state index >= 15 is 0 Å². The lowest BCUT2D eigenvalue weighted by atomic mass is 10.2. The van der Waals surface area contributed by atoms with Gasteiger partial charge in [0.15, 0.2) is 0 Å². The molecule has 1 aromatic rings. The highest BCUT2D eigenvalue weighted by Gasteiger charge is 2.01. The van der Waals surface area contributed by atoms with Crippen molar-refractivity contribution < 1.29 is 0 Å². The van der Waals surface area contributed by atoms with E-state index in [9.17, 15) is 0 Å². The molecule has 0 aliphatic heterocycles. The zero-order chi connectivity index (χ0) is 8.59. The van der Waals surface area contributed by atoms with Gasteiger partial charge in [0.25, 0.3) is 0 Å². The zero-order valence-corrected chi connectivity index (χ0v) is 8.95. The predicted molar refractivity (Wildman–Crippen MR) is 54.1 cm³/mol. The van der Waals surface area contributed by atoms with E-state index in [0.29, 0.717) is 0 Å². The molecule has 0 amide bonds. The van der Waals surface area contributed by atoms with Gasteiger partial charge in [-0.1, -0.05) is 12.2 Å². The van der Waals surface area contributed by atoms with Crippen molar-refractivity contribution in [1.82, 2.24) is 0 Å². The average Bonchev–Trinajstić information content (AvgIpc) is 1.97. The van der Waals surface area contributed by atoms with Crippen LogP contribution in [0.2, 0.25) is 0 Å². The Morgan fingerprint density at radius 2 is 1.27 bits per heavy atom. The maximum atomic E-state index is 5.28. The minimum Gasteiger partial charge on any atom is -0.145 e. The number of hydrogen-bond acceptors (Lipinski definition) is 2. The Kier molecular flexibility index (Phi) is 2.45. The molecule has 60 valence electrons. The SMILES string of the molecule is Cc1sc(C)c(C)c(=S)c1C. The van der Waals surface area contributed by atoms with Crippen LogP contribution >= 0.6 is 23.6 Å². The van der Waals surface area contributed by atoms with Crippen molar-refractivity contribution in [2.75, 3.05) is 0 Å². The summed E-state index contributed by atoms with van der Waals surface area (Å²) in [7, 11) is 0. The first kappa shape index (κ1) is 8.88. The largest absolute Gasteiger partial charge is 0.145 e. The molecule has 0 aliphatic rings. The van der Waals surface area contributed by atoms with Crippen molar-refractivity contribution in [3.63, 3.8) is 0 Å². The van der Waals surface area contributed by atoms with Gasteiger partial charge in [-0.25, -0.2) is 0 Å². The van der Waals surface area contributed by atoms with Crippen LogP contribution in [-0.4, -0.2) is 0 Å². The van der Waals surface area contributed by atoms with Crippen LogP contribution in [0.25, 0.3) is 0 Å². The van der Waals surface area contributed by atoms with E-state index in [-0.39, 0.29) is 0 Å². The standard InChI is InChI=1S/C9H12S2/c1-5-7(3)11-8(4)6(2)9(5)10/h1-4H3. The summed E-state index contributed by atoms with van der Waals surface area (Å²) in [5.41, 5.74) is 2.54. The quantitative estimate of drug-likeness (QED) is 0.554. The Bertz CT molecular complexity index is 305. The fraction of sp³-hybridized carbons (Fsp3) is 0.444. The molecule has 1 rings (SSSR count). The van der Waals surface area contributed by atoms with Gasteiger partial charge in [-0.05, 0) is 38.8 Å². The molecular formula is C9H12S2. The van der Waals surface area contributed by atoms with Crippen molar-refractivity contribution in [1.29, 1.82) is 0 Å². The molecule has 2 heteroatoms. The smallest absolute Gasteiger partial charge is 0.0456 e. The summed E-state index contributed by atoms with van der Waals surface area (Å²) in [6.45, 7) is 8.45. The van der Waals surface area contributed by atoms with Crippen LogP contribution in [0.15, 0.2) is 0 Å². The van der Waals surface area contributed by atoms with E-state index in [2.05, 4.69) is 27.7 Å². The first-order chi connectivity index (χ1) is 5.04. The normalized spacial score (nSPS) is 10.2. The number of hydrogen-bond donors (Lipinski definition) is 0. The van der Waals surface area contributed by atoms with Gasteiger partial charge in [-0.2, -0.15) is 0 Å². The second-order valence-corrected chi connectivity index (χ2v) is 4.63. The van der Waals surface area contributed by atoms with Crippen LogP contribution in [0, 0.1) is 32.2 Å². The molecule has 0 nitrogen and oxygen atoms in total. The summed E-state index contributed by atoms with van der Waals surface area (Å²) >= 11 is 7.11. The third-order valence-corrected chi connectivity index (χ3v) is 3.88. The molecule has 0 atom stereocenters. The highest BCUT2D eigenvalue weighted by atomic mass is 32.1. The summed E-state index contributed by atoms with van der Waals surface area (Å²) in [5, 5.41) is 0. The Balaban J connectivity index is 3.59. The zero-order valence-electron chi connectivity index (χ0n) is 7.32. The molecule has 11 heavy (non-hydrogen) atoms. The fourth-order valence-corrected chi connectivity index (χ4v) is 2.39. The van der Waals surface area contributed by atoms with Crippen LogP contribution in [-0.2, 0) is 0 Å². The molecule has 0 aliphatic carbocycles. The predicted octanol–water partition coefficient (Wildman–Crippen LogP) is 3.71. The molecule has 0 bridgehead atoms. The van der Waals surface area contributed by atoms with Crippen LogP contribution in [0.1, 0.15) is 20.9 Å². The minimum absolute atomic E-state index is 1.04. The Labute approximate surface area is 76.9 Å². The third kappa shape index (κ3) is 1.52. The van der Waals surface area contributed by atoms with Gasteiger partial charge in [0.1, 0.15) is 0 Å². The molecule has 0 N–H and O–H groups in total. The number of rotatable bonds is 0. The number of aryl methyl sites for hydroxylation is 2. The fourth-order valence-electron chi connectivity index (χ4n) is 0.984. The van der Waals surface area contributed by atoms with E-state index in [1.165, 1.54) is 20.9 Å². The van der Waals surface area contributed by atoms with Gasteiger partial charge < -0.3 is 0 Å². The van der Waals surface area contributed by atoms with Crippen molar-refractivity contribution in [2.45, 2.75) is 27.7 Å². The molecule has 0 radical (unpaired) electrons. The van der Waals surface area contributed by atoms with E-state index in [1.807, 2.05) is 11.3 Å². The van der Waals surface area contributed by atoms with Gasteiger partial charge in [-0.3, -0.25) is 0 Å². The van der Waals surface area contributed by atoms with Crippen LogP contribution in [0.5, 0.6) is 0 Å². The van der Waals surface area contributed by atoms with Crippen LogP contribution in [0.3, 0.4) is 0 Å². The highest BCUT2D eigenvalue weighted by molar-refractivity contribution is 7.71. The molecule has 0 saturated carbocycles. The van der Waals surface area contributed by atoms with Gasteiger partial charge in [-0.15, -0.1) is 11.3 Å². The highest BCUT2D eigenvalue weighted by Crippen LogP contribution is 2.22. The average molecular weight is 184 g/mol.